The van der Waals surface area contributed by atoms with Crippen LogP contribution in [-0.2, 0) is 15.8 Å². The molecule has 1 aliphatic heterocycles. The van der Waals surface area contributed by atoms with Crippen molar-refractivity contribution < 1.29 is 22.8 Å². The number of alkyl halides is 3. The van der Waals surface area contributed by atoms with Crippen LogP contribution >= 0.6 is 0 Å². The highest BCUT2D eigenvalue weighted by Crippen LogP contribution is 2.29. The average molecular weight is 366 g/mol. The number of nitrogens with one attached hydrogen (secondary N) is 1. The molecular weight excluding hydrogens is 345 g/mol. The quantitative estimate of drug-likeness (QED) is 0.833. The van der Waals surface area contributed by atoms with Crippen molar-refractivity contribution in [2.75, 3.05) is 19.6 Å². The number of benzene rings is 1. The first-order valence-corrected chi connectivity index (χ1v) is 8.38. The van der Waals surface area contributed by atoms with E-state index in [0.29, 0.717) is 19.0 Å². The van der Waals surface area contributed by atoms with Gasteiger partial charge < -0.3 is 10.2 Å². The summed E-state index contributed by atoms with van der Waals surface area (Å²) in [6, 6.07) is 4.71. The smallest absolute Gasteiger partial charge is 0.345 e. The molecule has 2 amide bonds. The first-order valence-electron chi connectivity index (χ1n) is 8.38. The minimum atomic E-state index is -4.41. The maximum atomic E-state index is 12.6. The monoisotopic (exact) mass is 366 g/mol. The minimum absolute atomic E-state index is 0.0178. The van der Waals surface area contributed by atoms with Gasteiger partial charge in [0.2, 0.25) is 11.8 Å². The van der Waals surface area contributed by atoms with Gasteiger partial charge in [-0.1, -0.05) is 31.8 Å². The molecule has 1 aromatic rings. The lowest BCUT2D eigenvalue weighted by Gasteiger charge is -2.18. The van der Waals surface area contributed by atoms with Crippen LogP contribution in [0.25, 0.3) is 0 Å². The second-order valence-corrected chi connectivity index (χ2v) is 6.69. The Balaban J connectivity index is 1.86. The molecule has 0 unspecified atom stereocenters. The summed E-state index contributed by atoms with van der Waals surface area (Å²) in [7, 11) is 0. The lowest BCUT2D eigenvalue weighted by atomic mass is 10.1. The van der Waals surface area contributed by atoms with Crippen molar-refractivity contribution in [1.82, 2.24) is 10.2 Å². The van der Waals surface area contributed by atoms with Crippen molar-refractivity contribution >= 4 is 11.8 Å². The summed E-state index contributed by atoms with van der Waals surface area (Å²) >= 11 is 0. The summed E-state index contributed by atoms with van der Waals surface area (Å²) < 4.78 is 37.9. The molecule has 26 heavy (non-hydrogen) atoms. The molecule has 1 atom stereocenters. The highest BCUT2D eigenvalue weighted by atomic mass is 19.4. The van der Waals surface area contributed by atoms with Crippen molar-refractivity contribution in [3.8, 4) is 11.8 Å². The fourth-order valence-corrected chi connectivity index (χ4v) is 2.76. The third-order valence-corrected chi connectivity index (χ3v) is 3.94. The number of rotatable bonds is 4. The van der Waals surface area contributed by atoms with E-state index in [9.17, 15) is 22.8 Å². The van der Waals surface area contributed by atoms with Crippen LogP contribution < -0.4 is 5.32 Å². The average Bonchev–Trinajstić information content (AvgIpc) is 2.91. The van der Waals surface area contributed by atoms with Gasteiger partial charge in [-0.15, -0.1) is 0 Å². The third kappa shape index (κ3) is 5.51. The number of nitrogens with zero attached hydrogens (tertiary/aromatic N) is 1. The molecule has 0 aliphatic carbocycles. The van der Waals surface area contributed by atoms with Crippen molar-refractivity contribution in [2.45, 2.75) is 26.4 Å². The Morgan fingerprint density at radius 2 is 2.12 bits per heavy atom. The topological polar surface area (TPSA) is 49.4 Å². The van der Waals surface area contributed by atoms with Crippen LogP contribution in [0, 0.1) is 23.7 Å². The van der Waals surface area contributed by atoms with Gasteiger partial charge >= 0.3 is 6.18 Å². The van der Waals surface area contributed by atoms with Gasteiger partial charge in [-0.05, 0) is 24.1 Å². The van der Waals surface area contributed by atoms with Gasteiger partial charge in [-0.3, -0.25) is 9.59 Å². The summed E-state index contributed by atoms with van der Waals surface area (Å²) in [6.07, 6.45) is -4.23. The minimum Gasteiger partial charge on any atom is -0.345 e. The van der Waals surface area contributed by atoms with Gasteiger partial charge in [0, 0.05) is 25.1 Å². The number of carbonyl (C=O) groups is 2. The second-order valence-electron chi connectivity index (χ2n) is 6.69. The lowest BCUT2D eigenvalue weighted by molar-refractivity contribution is -0.137. The van der Waals surface area contributed by atoms with Crippen molar-refractivity contribution in [1.29, 1.82) is 0 Å². The van der Waals surface area contributed by atoms with Crippen LogP contribution in [0.2, 0.25) is 0 Å². The molecule has 0 aromatic heterocycles. The van der Waals surface area contributed by atoms with Gasteiger partial charge in [0.25, 0.3) is 0 Å². The zero-order valence-corrected chi connectivity index (χ0v) is 14.7. The summed E-state index contributed by atoms with van der Waals surface area (Å²) in [5, 5.41) is 2.62. The molecule has 1 heterocycles. The number of carbonyl (C=O) groups excluding carboxylic acids is 2. The number of amides is 2. The van der Waals surface area contributed by atoms with Crippen LogP contribution in [0.15, 0.2) is 24.3 Å². The summed E-state index contributed by atoms with van der Waals surface area (Å²) in [5.74, 6) is 4.88. The molecule has 0 bridgehead atoms. The number of halogens is 3. The largest absolute Gasteiger partial charge is 0.416 e. The van der Waals surface area contributed by atoms with Crippen LogP contribution in [0.3, 0.4) is 0 Å². The number of hydrogen-bond acceptors (Lipinski definition) is 2. The molecule has 1 aliphatic rings. The standard InChI is InChI=1S/C19H21F3N2O2/c1-13(2)11-24-12-15(10-17(24)25)18(26)23-8-4-6-14-5-3-7-16(9-14)19(20,21)22/h3,5,7,9,13,15H,8,10-12H2,1-2H3,(H,23,26)/t15-/m1/s1. The lowest BCUT2D eigenvalue weighted by Crippen LogP contribution is -2.34. The van der Waals surface area contributed by atoms with Crippen LogP contribution in [-0.4, -0.2) is 36.3 Å². The summed E-state index contributed by atoms with van der Waals surface area (Å²) in [4.78, 5) is 25.7. The molecule has 1 saturated heterocycles. The van der Waals surface area contributed by atoms with E-state index < -0.39 is 17.7 Å². The van der Waals surface area contributed by atoms with Crippen molar-refractivity contribution in [3.63, 3.8) is 0 Å². The number of hydrogen-bond donors (Lipinski definition) is 1. The van der Waals surface area contributed by atoms with E-state index in [4.69, 9.17) is 0 Å². The zero-order valence-electron chi connectivity index (χ0n) is 14.7. The Morgan fingerprint density at radius 3 is 2.77 bits per heavy atom. The van der Waals surface area contributed by atoms with E-state index in [1.807, 2.05) is 13.8 Å². The van der Waals surface area contributed by atoms with Crippen molar-refractivity contribution in [2.24, 2.45) is 11.8 Å². The van der Waals surface area contributed by atoms with Gasteiger partial charge in [-0.2, -0.15) is 13.2 Å². The predicted molar refractivity (Wildman–Crippen MR) is 90.9 cm³/mol. The molecular formula is C19H21F3N2O2. The molecule has 0 saturated carbocycles. The predicted octanol–water partition coefficient (Wildman–Crippen LogP) is 2.68. The Morgan fingerprint density at radius 1 is 1.38 bits per heavy atom. The molecule has 4 nitrogen and oxygen atoms in total. The van der Waals surface area contributed by atoms with E-state index in [0.717, 1.165) is 12.1 Å². The van der Waals surface area contributed by atoms with E-state index >= 15 is 0 Å². The Labute approximate surface area is 150 Å². The molecule has 1 aromatic carbocycles. The highest BCUT2D eigenvalue weighted by Gasteiger charge is 2.34. The van der Waals surface area contributed by atoms with Crippen LogP contribution in [0.5, 0.6) is 0 Å². The number of likely N-dealkylation sites (tertiary alicyclic amines) is 1. The van der Waals surface area contributed by atoms with Crippen LogP contribution in [0.1, 0.15) is 31.4 Å². The molecule has 1 fully saturated rings. The first-order chi connectivity index (χ1) is 12.2. The molecule has 0 radical (unpaired) electrons. The normalized spacial score (nSPS) is 17.2. The second kappa shape index (κ2) is 8.26. The Bertz CT molecular complexity index is 732. The van der Waals surface area contributed by atoms with Gasteiger partial charge in [0.1, 0.15) is 0 Å². The highest BCUT2D eigenvalue weighted by molar-refractivity contribution is 5.89. The van der Waals surface area contributed by atoms with E-state index in [1.54, 1.807) is 4.90 Å². The molecule has 1 N–H and O–H groups in total. The van der Waals surface area contributed by atoms with Crippen LogP contribution in [0.4, 0.5) is 13.2 Å². The molecule has 0 spiro atoms. The Hall–Kier alpha value is -2.49. The van der Waals surface area contributed by atoms with Gasteiger partial charge in [0.05, 0.1) is 18.0 Å². The zero-order chi connectivity index (χ0) is 19.3. The van der Waals surface area contributed by atoms with E-state index in [-0.39, 0.29) is 30.3 Å². The van der Waals surface area contributed by atoms with Crippen molar-refractivity contribution in [3.05, 3.63) is 35.4 Å². The maximum absolute atomic E-state index is 12.6. The van der Waals surface area contributed by atoms with E-state index in [2.05, 4.69) is 17.2 Å². The fourth-order valence-electron chi connectivity index (χ4n) is 2.76. The maximum Gasteiger partial charge on any atom is 0.416 e. The Kier molecular flexibility index (Phi) is 6.30. The third-order valence-electron chi connectivity index (χ3n) is 3.94. The SMILES string of the molecule is CC(C)CN1C[C@H](C(=O)NCC#Cc2cccc(C(F)(F)F)c2)CC1=O. The summed E-state index contributed by atoms with van der Waals surface area (Å²) in [5.41, 5.74) is -0.531. The fraction of sp³-hybridized carbons (Fsp3) is 0.474. The molecule has 140 valence electrons. The van der Waals surface area contributed by atoms with E-state index in [1.165, 1.54) is 12.1 Å². The van der Waals surface area contributed by atoms with Gasteiger partial charge in [-0.25, -0.2) is 0 Å². The molecule has 7 heteroatoms. The first kappa shape index (κ1) is 19.8. The summed E-state index contributed by atoms with van der Waals surface area (Å²) in [6.45, 7) is 5.04. The van der Waals surface area contributed by atoms with Gasteiger partial charge in [0.15, 0.2) is 0 Å². The molecule has 2 rings (SSSR count).